The van der Waals surface area contributed by atoms with Crippen molar-refractivity contribution in [3.05, 3.63) is 0 Å². The van der Waals surface area contributed by atoms with Crippen molar-refractivity contribution in [1.29, 1.82) is 0 Å². The first-order chi connectivity index (χ1) is 5.38. The normalized spacial score (nSPS) is 15.2. The average molecular weight is 184 g/mol. The average Bonchev–Trinajstić information content (AvgIpc) is 1.83. The van der Waals surface area contributed by atoms with E-state index in [0.717, 1.165) is 0 Å². The van der Waals surface area contributed by atoms with E-state index in [1.54, 1.807) is 14.1 Å². The standard InChI is InChI=1S/C7H15F3N2/c1-11-4-6(5-12(2)3)7(8,9)10/h6,11H,4-5H2,1-3H3. The van der Waals surface area contributed by atoms with Crippen molar-refractivity contribution in [1.82, 2.24) is 10.2 Å². The molecule has 0 spiro atoms. The first-order valence-electron chi connectivity index (χ1n) is 3.74. The van der Waals surface area contributed by atoms with Gasteiger partial charge in [-0.1, -0.05) is 0 Å². The smallest absolute Gasteiger partial charge is 0.319 e. The molecule has 1 N–H and O–H groups in total. The molecule has 74 valence electrons. The van der Waals surface area contributed by atoms with Crippen molar-refractivity contribution in [3.63, 3.8) is 0 Å². The summed E-state index contributed by atoms with van der Waals surface area (Å²) in [6.07, 6.45) is -4.10. The molecule has 0 aromatic rings. The van der Waals surface area contributed by atoms with Gasteiger partial charge in [-0.15, -0.1) is 0 Å². The fraction of sp³-hybridized carbons (Fsp3) is 1.00. The second-order valence-corrected chi connectivity index (χ2v) is 3.06. The Balaban J connectivity index is 4.04. The van der Waals surface area contributed by atoms with Gasteiger partial charge < -0.3 is 10.2 Å². The van der Waals surface area contributed by atoms with E-state index in [-0.39, 0.29) is 13.1 Å². The van der Waals surface area contributed by atoms with Crippen LogP contribution >= 0.6 is 0 Å². The molecule has 0 saturated heterocycles. The number of hydrogen-bond acceptors (Lipinski definition) is 2. The van der Waals surface area contributed by atoms with Gasteiger partial charge in [-0.2, -0.15) is 13.2 Å². The molecule has 0 rings (SSSR count). The summed E-state index contributed by atoms with van der Waals surface area (Å²) in [5.74, 6) is -1.28. The van der Waals surface area contributed by atoms with Crippen molar-refractivity contribution in [2.75, 3.05) is 34.2 Å². The van der Waals surface area contributed by atoms with Gasteiger partial charge >= 0.3 is 6.18 Å². The van der Waals surface area contributed by atoms with Crippen LogP contribution in [0.3, 0.4) is 0 Å². The maximum atomic E-state index is 12.2. The van der Waals surface area contributed by atoms with E-state index < -0.39 is 12.1 Å². The lowest BCUT2D eigenvalue weighted by atomic mass is 10.1. The highest BCUT2D eigenvalue weighted by Crippen LogP contribution is 2.25. The third-order valence-electron chi connectivity index (χ3n) is 1.50. The van der Waals surface area contributed by atoms with Gasteiger partial charge in [-0.05, 0) is 21.1 Å². The third kappa shape index (κ3) is 4.56. The lowest BCUT2D eigenvalue weighted by molar-refractivity contribution is -0.176. The monoisotopic (exact) mass is 184 g/mol. The van der Waals surface area contributed by atoms with Crippen LogP contribution in [0.2, 0.25) is 0 Å². The highest BCUT2D eigenvalue weighted by molar-refractivity contribution is 4.71. The van der Waals surface area contributed by atoms with Crippen LogP contribution in [0.4, 0.5) is 13.2 Å². The van der Waals surface area contributed by atoms with Crippen LogP contribution in [0.15, 0.2) is 0 Å². The van der Waals surface area contributed by atoms with Crippen molar-refractivity contribution >= 4 is 0 Å². The Hall–Kier alpha value is -0.290. The van der Waals surface area contributed by atoms with Gasteiger partial charge in [0, 0.05) is 13.1 Å². The van der Waals surface area contributed by atoms with Crippen LogP contribution in [-0.4, -0.2) is 45.3 Å². The van der Waals surface area contributed by atoms with Crippen LogP contribution in [0, 0.1) is 5.92 Å². The summed E-state index contributed by atoms with van der Waals surface area (Å²) in [7, 11) is 4.79. The molecule has 2 nitrogen and oxygen atoms in total. The Labute approximate surface area is 70.7 Å². The van der Waals surface area contributed by atoms with Gasteiger partial charge in [0.25, 0.3) is 0 Å². The van der Waals surface area contributed by atoms with Crippen LogP contribution in [0.5, 0.6) is 0 Å². The lowest BCUT2D eigenvalue weighted by Gasteiger charge is -2.23. The highest BCUT2D eigenvalue weighted by atomic mass is 19.4. The largest absolute Gasteiger partial charge is 0.394 e. The molecule has 0 saturated carbocycles. The predicted octanol–water partition coefficient (Wildman–Crippen LogP) is 0.946. The molecule has 0 heterocycles. The van der Waals surface area contributed by atoms with E-state index in [2.05, 4.69) is 5.32 Å². The fourth-order valence-electron chi connectivity index (χ4n) is 0.971. The molecule has 0 aromatic heterocycles. The Kier molecular flexibility index (Phi) is 4.55. The maximum absolute atomic E-state index is 12.2. The quantitative estimate of drug-likeness (QED) is 0.699. The van der Waals surface area contributed by atoms with Crippen LogP contribution in [0.25, 0.3) is 0 Å². The zero-order valence-corrected chi connectivity index (χ0v) is 7.57. The Morgan fingerprint density at radius 3 is 2.08 bits per heavy atom. The molecular weight excluding hydrogens is 169 g/mol. The summed E-state index contributed by atoms with van der Waals surface area (Å²) < 4.78 is 36.6. The maximum Gasteiger partial charge on any atom is 0.394 e. The zero-order valence-electron chi connectivity index (χ0n) is 7.57. The van der Waals surface area contributed by atoms with Crippen LogP contribution in [-0.2, 0) is 0 Å². The van der Waals surface area contributed by atoms with Gasteiger partial charge in [0.05, 0.1) is 5.92 Å². The molecule has 0 aliphatic rings. The van der Waals surface area contributed by atoms with Gasteiger partial charge in [0.15, 0.2) is 0 Å². The minimum Gasteiger partial charge on any atom is -0.319 e. The Morgan fingerprint density at radius 1 is 1.33 bits per heavy atom. The molecule has 0 aliphatic heterocycles. The summed E-state index contributed by atoms with van der Waals surface area (Å²) >= 11 is 0. The number of nitrogens with zero attached hydrogens (tertiary/aromatic N) is 1. The highest BCUT2D eigenvalue weighted by Gasteiger charge is 2.38. The summed E-state index contributed by atoms with van der Waals surface area (Å²) in [5, 5.41) is 2.53. The van der Waals surface area contributed by atoms with Gasteiger partial charge in [-0.25, -0.2) is 0 Å². The summed E-state index contributed by atoms with van der Waals surface area (Å²) in [6, 6.07) is 0. The number of nitrogens with one attached hydrogen (secondary N) is 1. The van der Waals surface area contributed by atoms with E-state index in [0.29, 0.717) is 0 Å². The molecular formula is C7H15F3N2. The molecule has 5 heteroatoms. The molecule has 0 amide bonds. The van der Waals surface area contributed by atoms with Crippen molar-refractivity contribution in [2.24, 2.45) is 5.92 Å². The molecule has 0 fully saturated rings. The predicted molar refractivity (Wildman–Crippen MR) is 42.0 cm³/mol. The fourth-order valence-corrected chi connectivity index (χ4v) is 0.971. The number of alkyl halides is 3. The van der Waals surface area contributed by atoms with Crippen LogP contribution < -0.4 is 5.32 Å². The van der Waals surface area contributed by atoms with Crippen molar-refractivity contribution < 1.29 is 13.2 Å². The zero-order chi connectivity index (χ0) is 9.78. The van der Waals surface area contributed by atoms with E-state index in [9.17, 15) is 13.2 Å². The first-order valence-corrected chi connectivity index (χ1v) is 3.74. The van der Waals surface area contributed by atoms with Crippen molar-refractivity contribution in [3.8, 4) is 0 Å². The Morgan fingerprint density at radius 2 is 1.83 bits per heavy atom. The third-order valence-corrected chi connectivity index (χ3v) is 1.50. The van der Waals surface area contributed by atoms with Gasteiger partial charge in [-0.3, -0.25) is 0 Å². The summed E-state index contributed by atoms with van der Waals surface area (Å²) in [5.41, 5.74) is 0. The molecule has 0 radical (unpaired) electrons. The number of halogens is 3. The number of rotatable bonds is 4. The molecule has 1 atom stereocenters. The number of hydrogen-bond donors (Lipinski definition) is 1. The minimum atomic E-state index is -4.10. The molecule has 0 aliphatic carbocycles. The molecule has 1 unspecified atom stereocenters. The lowest BCUT2D eigenvalue weighted by Crippen LogP contribution is -2.39. The molecule has 0 bridgehead atoms. The minimum absolute atomic E-state index is 0.0261. The summed E-state index contributed by atoms with van der Waals surface area (Å²) in [6.45, 7) is 0.00597. The van der Waals surface area contributed by atoms with E-state index in [1.807, 2.05) is 0 Å². The topological polar surface area (TPSA) is 15.3 Å². The van der Waals surface area contributed by atoms with Crippen molar-refractivity contribution in [2.45, 2.75) is 6.18 Å². The van der Waals surface area contributed by atoms with E-state index in [1.165, 1.54) is 11.9 Å². The van der Waals surface area contributed by atoms with Crippen LogP contribution in [0.1, 0.15) is 0 Å². The molecule has 0 aromatic carbocycles. The Bertz CT molecular complexity index is 122. The first kappa shape index (κ1) is 11.7. The van der Waals surface area contributed by atoms with Gasteiger partial charge in [0.1, 0.15) is 0 Å². The summed E-state index contributed by atoms with van der Waals surface area (Å²) in [4.78, 5) is 1.54. The van der Waals surface area contributed by atoms with Gasteiger partial charge in [0.2, 0.25) is 0 Å². The molecule has 12 heavy (non-hydrogen) atoms. The second kappa shape index (κ2) is 4.67. The van der Waals surface area contributed by atoms with E-state index >= 15 is 0 Å². The second-order valence-electron chi connectivity index (χ2n) is 3.06. The van der Waals surface area contributed by atoms with E-state index in [4.69, 9.17) is 0 Å². The SMILES string of the molecule is CNCC(CN(C)C)C(F)(F)F.